The third kappa shape index (κ3) is 36.4. The lowest BCUT2D eigenvalue weighted by atomic mass is 9.99. The maximum Gasteiger partial charge on any atom is 0.249 e. The van der Waals surface area contributed by atoms with Crippen molar-refractivity contribution in [1.82, 2.24) is 5.32 Å². The van der Waals surface area contributed by atoms with E-state index in [1.807, 2.05) is 0 Å². The molecule has 316 valence electrons. The Balaban J connectivity index is 3.63. The molecule has 0 aromatic rings. The molecule has 0 bridgehead atoms. The summed E-state index contributed by atoms with van der Waals surface area (Å²) < 4.78 is 0. The summed E-state index contributed by atoms with van der Waals surface area (Å²) >= 11 is 0. The van der Waals surface area contributed by atoms with Gasteiger partial charge >= 0.3 is 0 Å². The number of hydrogen-bond acceptors (Lipinski definition) is 5. The van der Waals surface area contributed by atoms with Gasteiger partial charge in [0.1, 0.15) is 12.2 Å². The minimum absolute atomic E-state index is 0.341. The van der Waals surface area contributed by atoms with Crippen molar-refractivity contribution in [3.05, 3.63) is 12.2 Å². The van der Waals surface area contributed by atoms with Crippen molar-refractivity contribution >= 4 is 5.91 Å². The van der Waals surface area contributed by atoms with Gasteiger partial charge in [-0.1, -0.05) is 225 Å². The van der Waals surface area contributed by atoms with Crippen LogP contribution in [0, 0.1) is 0 Å². The fourth-order valence-corrected chi connectivity index (χ4v) is 7.46. The van der Waals surface area contributed by atoms with Crippen LogP contribution in [0.5, 0.6) is 0 Å². The minimum Gasteiger partial charge on any atom is -0.394 e. The molecular weight excluding hydrogens is 659 g/mol. The number of amides is 1. The van der Waals surface area contributed by atoms with Gasteiger partial charge in [0.15, 0.2) is 0 Å². The molecule has 0 saturated heterocycles. The molecule has 0 radical (unpaired) electrons. The lowest BCUT2D eigenvalue weighted by molar-refractivity contribution is -0.132. The molecule has 6 nitrogen and oxygen atoms in total. The summed E-state index contributed by atoms with van der Waals surface area (Å²) in [5.74, 6) is -0.598. The summed E-state index contributed by atoms with van der Waals surface area (Å²) in [6.45, 7) is 4.04. The predicted octanol–water partition coefficient (Wildman–Crippen LogP) is 12.6. The molecule has 0 saturated carbocycles. The highest BCUT2D eigenvalue weighted by Gasteiger charge is 2.28. The van der Waals surface area contributed by atoms with Gasteiger partial charge in [0.2, 0.25) is 5.91 Å². The molecule has 0 rings (SSSR count). The van der Waals surface area contributed by atoms with Crippen LogP contribution < -0.4 is 5.32 Å². The Morgan fingerprint density at radius 1 is 0.453 bits per heavy atom. The lowest BCUT2D eigenvalue weighted by Crippen LogP contribution is -2.53. The van der Waals surface area contributed by atoms with E-state index in [2.05, 4.69) is 31.3 Å². The summed E-state index contributed by atoms with van der Waals surface area (Å²) in [6.07, 6.45) is 46.9. The molecule has 0 aromatic carbocycles. The molecule has 1 amide bonds. The highest BCUT2D eigenvalue weighted by atomic mass is 16.3. The van der Waals surface area contributed by atoms with Crippen LogP contribution in [0.4, 0.5) is 0 Å². The number of hydrogen-bond donors (Lipinski definition) is 5. The lowest BCUT2D eigenvalue weighted by Gasteiger charge is -2.27. The smallest absolute Gasteiger partial charge is 0.249 e. The zero-order valence-corrected chi connectivity index (χ0v) is 35.5. The highest BCUT2D eigenvalue weighted by molar-refractivity contribution is 5.80. The number of rotatable bonds is 43. The van der Waals surface area contributed by atoms with Crippen LogP contribution in [0.3, 0.4) is 0 Å². The van der Waals surface area contributed by atoms with Gasteiger partial charge in [-0.05, 0) is 38.5 Å². The Morgan fingerprint density at radius 3 is 1.11 bits per heavy atom. The van der Waals surface area contributed by atoms with E-state index in [1.165, 1.54) is 180 Å². The summed E-state index contributed by atoms with van der Waals surface area (Å²) in [5.41, 5.74) is 0. The molecule has 4 atom stereocenters. The van der Waals surface area contributed by atoms with Gasteiger partial charge in [-0.15, -0.1) is 0 Å². The molecule has 0 spiro atoms. The zero-order chi connectivity index (χ0) is 38.9. The van der Waals surface area contributed by atoms with Gasteiger partial charge in [-0.25, -0.2) is 0 Å². The van der Waals surface area contributed by atoms with E-state index >= 15 is 0 Å². The molecule has 6 heteroatoms. The van der Waals surface area contributed by atoms with Gasteiger partial charge < -0.3 is 25.7 Å². The van der Waals surface area contributed by atoms with E-state index in [1.54, 1.807) is 0 Å². The van der Waals surface area contributed by atoms with Crippen molar-refractivity contribution < 1.29 is 25.2 Å². The molecule has 0 heterocycles. The third-order valence-electron chi connectivity index (χ3n) is 11.2. The summed E-state index contributed by atoms with van der Waals surface area (Å²) in [4.78, 5) is 12.5. The molecule has 53 heavy (non-hydrogen) atoms. The van der Waals surface area contributed by atoms with Crippen molar-refractivity contribution in [2.45, 2.75) is 276 Å². The Bertz CT molecular complexity index is 761. The third-order valence-corrected chi connectivity index (χ3v) is 11.2. The maximum atomic E-state index is 12.5. The first-order chi connectivity index (χ1) is 26.0. The second kappa shape index (κ2) is 42.2. The second-order valence-electron chi connectivity index (χ2n) is 16.5. The summed E-state index contributed by atoms with van der Waals surface area (Å²) in [7, 11) is 0. The van der Waals surface area contributed by atoms with E-state index in [9.17, 15) is 25.2 Å². The number of nitrogens with one attached hydrogen (secondary N) is 1. The van der Waals surface area contributed by atoms with Crippen LogP contribution in [-0.2, 0) is 4.79 Å². The quantitative estimate of drug-likeness (QED) is 0.0315. The minimum atomic E-state index is -1.26. The number of carbonyl (C=O) groups is 1. The van der Waals surface area contributed by atoms with Crippen molar-refractivity contribution in [3.63, 3.8) is 0 Å². The van der Waals surface area contributed by atoms with Crippen LogP contribution in [-0.4, -0.2) is 57.3 Å². The number of allylic oxidation sites excluding steroid dienone is 2. The fourth-order valence-electron chi connectivity index (χ4n) is 7.46. The van der Waals surface area contributed by atoms with Gasteiger partial charge in [-0.3, -0.25) is 4.79 Å². The normalized spacial score (nSPS) is 14.2. The van der Waals surface area contributed by atoms with Crippen LogP contribution in [0.15, 0.2) is 12.2 Å². The van der Waals surface area contributed by atoms with Gasteiger partial charge in [-0.2, -0.15) is 0 Å². The molecule has 0 aliphatic rings. The van der Waals surface area contributed by atoms with Crippen molar-refractivity contribution in [1.29, 1.82) is 0 Å². The molecular formula is C47H93NO5. The Hall–Kier alpha value is -0.950. The van der Waals surface area contributed by atoms with Gasteiger partial charge in [0.25, 0.3) is 0 Å². The molecule has 0 aromatic heterocycles. The van der Waals surface area contributed by atoms with Crippen LogP contribution in [0.1, 0.15) is 251 Å². The molecule has 5 N–H and O–H groups in total. The number of unbranched alkanes of at least 4 members (excludes halogenated alkanes) is 32. The molecule has 4 unspecified atom stereocenters. The average molecular weight is 752 g/mol. The summed E-state index contributed by atoms with van der Waals surface area (Å²) in [6, 6.07) is -0.990. The Kier molecular flexibility index (Phi) is 41.4. The monoisotopic (exact) mass is 752 g/mol. The van der Waals surface area contributed by atoms with Crippen LogP contribution in [0.2, 0.25) is 0 Å². The SMILES string of the molecule is CCCCCCCC/C=C\CCCCC(O)C(=O)NC(CO)C(O)C(O)CCCCCCCCCCCCCCCCCCCCCCCCCCC. The first-order valence-electron chi connectivity index (χ1n) is 23.6. The fraction of sp³-hybridized carbons (Fsp3) is 0.936. The maximum absolute atomic E-state index is 12.5. The first kappa shape index (κ1) is 52.0. The largest absolute Gasteiger partial charge is 0.394 e. The topological polar surface area (TPSA) is 110 Å². The first-order valence-corrected chi connectivity index (χ1v) is 23.6. The van der Waals surface area contributed by atoms with E-state index < -0.39 is 36.9 Å². The van der Waals surface area contributed by atoms with Crippen molar-refractivity contribution in [2.24, 2.45) is 0 Å². The Morgan fingerprint density at radius 2 is 0.755 bits per heavy atom. The van der Waals surface area contributed by atoms with Crippen LogP contribution in [0.25, 0.3) is 0 Å². The van der Waals surface area contributed by atoms with Crippen molar-refractivity contribution in [2.75, 3.05) is 6.61 Å². The summed E-state index contributed by atoms with van der Waals surface area (Å²) in [5, 5.41) is 43.7. The number of carbonyl (C=O) groups excluding carboxylic acids is 1. The number of aliphatic hydroxyl groups is 4. The van der Waals surface area contributed by atoms with E-state index in [0.717, 1.165) is 44.9 Å². The zero-order valence-electron chi connectivity index (χ0n) is 35.5. The van der Waals surface area contributed by atoms with Crippen LogP contribution >= 0.6 is 0 Å². The second-order valence-corrected chi connectivity index (χ2v) is 16.5. The molecule has 0 aliphatic carbocycles. The van der Waals surface area contributed by atoms with E-state index in [0.29, 0.717) is 12.8 Å². The van der Waals surface area contributed by atoms with Gasteiger partial charge in [0.05, 0.1) is 18.8 Å². The standard InChI is InChI=1S/C47H93NO5/c1-3-5-7-9-11-13-15-17-18-19-20-21-22-23-24-25-26-27-28-29-31-32-34-36-38-40-44(50)46(52)43(42-49)48-47(53)45(51)41-39-37-35-33-30-16-14-12-10-8-6-4-2/h30,33,43-46,49-52H,3-29,31-32,34-42H2,1-2H3,(H,48,53)/b33-30-. The molecule has 0 fully saturated rings. The van der Waals surface area contributed by atoms with E-state index in [-0.39, 0.29) is 0 Å². The molecule has 0 aliphatic heterocycles. The highest BCUT2D eigenvalue weighted by Crippen LogP contribution is 2.17. The predicted molar refractivity (Wildman–Crippen MR) is 228 cm³/mol. The number of aliphatic hydroxyl groups excluding tert-OH is 4. The Labute approximate surface area is 330 Å². The van der Waals surface area contributed by atoms with Gasteiger partial charge in [0, 0.05) is 0 Å². The van der Waals surface area contributed by atoms with E-state index in [4.69, 9.17) is 0 Å². The average Bonchev–Trinajstić information content (AvgIpc) is 3.16. The van der Waals surface area contributed by atoms with Crippen molar-refractivity contribution in [3.8, 4) is 0 Å².